The Morgan fingerprint density at radius 3 is 2.52 bits per heavy atom. The maximum Gasteiger partial charge on any atom is 0.418 e. The van der Waals surface area contributed by atoms with Gasteiger partial charge in [-0.3, -0.25) is 4.79 Å². The number of carbonyl (C=O) groups excluding carboxylic acids is 1. The number of nitrogens with one attached hydrogen (secondary N) is 1. The summed E-state index contributed by atoms with van der Waals surface area (Å²) in [6.45, 7) is 1.86. The van der Waals surface area contributed by atoms with Crippen molar-refractivity contribution < 1.29 is 18.0 Å². The number of hydrogen-bond donors (Lipinski definition) is 1. The Kier molecular flexibility index (Phi) is 4.88. The molecule has 1 N–H and O–H groups in total. The summed E-state index contributed by atoms with van der Waals surface area (Å²) in [5, 5.41) is 2.40. The highest BCUT2D eigenvalue weighted by Gasteiger charge is 2.33. The number of nitrogens with zero attached hydrogens (tertiary/aromatic N) is 1. The summed E-state index contributed by atoms with van der Waals surface area (Å²) in [7, 11) is 2.02. The minimum absolute atomic E-state index is 0.164. The van der Waals surface area contributed by atoms with Gasteiger partial charge < -0.3 is 10.2 Å². The first-order valence-electron chi connectivity index (χ1n) is 7.01. The lowest BCUT2D eigenvalue weighted by molar-refractivity contribution is -0.137. The van der Waals surface area contributed by atoms with Crippen LogP contribution in [0.2, 0.25) is 0 Å². The van der Waals surface area contributed by atoms with E-state index in [0.717, 1.165) is 32.0 Å². The van der Waals surface area contributed by atoms with Crippen LogP contribution in [0.3, 0.4) is 0 Å². The summed E-state index contributed by atoms with van der Waals surface area (Å²) < 4.78 is 38.5. The number of amides is 1. The second-order valence-electron chi connectivity index (χ2n) is 5.54. The fourth-order valence-corrected chi connectivity index (χ4v) is 2.57. The lowest BCUT2D eigenvalue weighted by Crippen LogP contribution is -2.32. The average Bonchev–Trinajstić information content (AvgIpc) is 2.41. The minimum atomic E-state index is -4.46. The molecule has 21 heavy (non-hydrogen) atoms. The van der Waals surface area contributed by atoms with Crippen LogP contribution in [0, 0.1) is 5.92 Å². The van der Waals surface area contributed by atoms with Crippen molar-refractivity contribution in [2.75, 3.05) is 25.5 Å². The number of piperidine rings is 1. The molecule has 0 saturated carbocycles. The molecular weight excluding hydrogens is 281 g/mol. The molecule has 0 bridgehead atoms. The normalized spacial score (nSPS) is 17.7. The van der Waals surface area contributed by atoms with E-state index in [1.807, 2.05) is 7.05 Å². The van der Waals surface area contributed by atoms with Gasteiger partial charge in [-0.15, -0.1) is 0 Å². The van der Waals surface area contributed by atoms with Crippen LogP contribution in [-0.4, -0.2) is 30.9 Å². The maximum atomic E-state index is 12.8. The number of rotatable bonds is 3. The monoisotopic (exact) mass is 300 g/mol. The molecule has 0 aliphatic carbocycles. The zero-order valence-electron chi connectivity index (χ0n) is 11.9. The summed E-state index contributed by atoms with van der Waals surface area (Å²) >= 11 is 0. The van der Waals surface area contributed by atoms with Crippen LogP contribution in [0.5, 0.6) is 0 Å². The van der Waals surface area contributed by atoms with Gasteiger partial charge in [0.15, 0.2) is 0 Å². The largest absolute Gasteiger partial charge is 0.418 e. The fourth-order valence-electron chi connectivity index (χ4n) is 2.57. The number of halogens is 3. The molecule has 1 fully saturated rings. The summed E-state index contributed by atoms with van der Waals surface area (Å²) in [4.78, 5) is 14.1. The standard InChI is InChI=1S/C15H19F3N2O/c1-20-8-6-11(7-9-20)10-14(21)19-13-5-3-2-4-12(13)15(16,17)18/h2-5,11H,6-10H2,1H3,(H,19,21). The molecule has 0 aromatic heterocycles. The summed E-state index contributed by atoms with van der Waals surface area (Å²) in [5.74, 6) is -0.0968. The Morgan fingerprint density at radius 2 is 1.90 bits per heavy atom. The Labute approximate surface area is 122 Å². The highest BCUT2D eigenvalue weighted by atomic mass is 19.4. The van der Waals surface area contributed by atoms with Gasteiger partial charge in [-0.25, -0.2) is 0 Å². The third kappa shape index (κ3) is 4.46. The summed E-state index contributed by atoms with van der Waals surface area (Å²) in [6, 6.07) is 5.07. The lowest BCUT2D eigenvalue weighted by Gasteiger charge is -2.28. The van der Waals surface area contributed by atoms with Crippen molar-refractivity contribution in [3.05, 3.63) is 29.8 Å². The molecule has 1 aliphatic heterocycles. The average molecular weight is 300 g/mol. The van der Waals surface area contributed by atoms with Crippen LogP contribution in [-0.2, 0) is 11.0 Å². The quantitative estimate of drug-likeness (QED) is 0.928. The number of benzene rings is 1. The second kappa shape index (κ2) is 6.47. The van der Waals surface area contributed by atoms with E-state index in [1.165, 1.54) is 18.2 Å². The minimum Gasteiger partial charge on any atom is -0.325 e. The van der Waals surface area contributed by atoms with E-state index in [1.54, 1.807) is 0 Å². The molecule has 6 heteroatoms. The molecule has 1 aliphatic rings. The van der Waals surface area contributed by atoms with Crippen molar-refractivity contribution in [1.29, 1.82) is 0 Å². The molecule has 1 aromatic carbocycles. The number of hydrogen-bond acceptors (Lipinski definition) is 2. The lowest BCUT2D eigenvalue weighted by atomic mass is 9.93. The molecule has 116 valence electrons. The van der Waals surface area contributed by atoms with E-state index in [2.05, 4.69) is 10.2 Å². The topological polar surface area (TPSA) is 32.3 Å². The van der Waals surface area contributed by atoms with Crippen molar-refractivity contribution >= 4 is 11.6 Å². The number of anilines is 1. The molecule has 0 atom stereocenters. The molecule has 1 heterocycles. The first kappa shape index (κ1) is 15.8. The molecule has 1 saturated heterocycles. The van der Waals surface area contributed by atoms with E-state index < -0.39 is 11.7 Å². The van der Waals surface area contributed by atoms with Gasteiger partial charge in [-0.05, 0) is 51.0 Å². The van der Waals surface area contributed by atoms with Gasteiger partial charge in [0.25, 0.3) is 0 Å². The predicted molar refractivity (Wildman–Crippen MR) is 74.9 cm³/mol. The molecule has 1 aromatic rings. The molecular formula is C15H19F3N2O. The Morgan fingerprint density at radius 1 is 1.29 bits per heavy atom. The number of likely N-dealkylation sites (tertiary alicyclic amines) is 1. The predicted octanol–water partition coefficient (Wildman–Crippen LogP) is 3.38. The molecule has 0 spiro atoms. The van der Waals surface area contributed by atoms with E-state index in [9.17, 15) is 18.0 Å². The highest BCUT2D eigenvalue weighted by Crippen LogP contribution is 2.34. The van der Waals surface area contributed by atoms with Gasteiger partial charge in [0.2, 0.25) is 5.91 Å². The van der Waals surface area contributed by atoms with E-state index in [-0.39, 0.29) is 23.9 Å². The number of alkyl halides is 3. The molecule has 3 nitrogen and oxygen atoms in total. The zero-order valence-corrected chi connectivity index (χ0v) is 11.9. The van der Waals surface area contributed by atoms with Gasteiger partial charge in [0.05, 0.1) is 11.3 Å². The Balaban J connectivity index is 1.97. The van der Waals surface area contributed by atoms with Gasteiger partial charge in [-0.2, -0.15) is 13.2 Å². The van der Waals surface area contributed by atoms with Gasteiger partial charge in [0.1, 0.15) is 0 Å². The van der Waals surface area contributed by atoms with Gasteiger partial charge in [-0.1, -0.05) is 12.1 Å². The van der Waals surface area contributed by atoms with E-state index in [4.69, 9.17) is 0 Å². The molecule has 0 radical (unpaired) electrons. The Hall–Kier alpha value is -1.56. The number of para-hydroxylation sites is 1. The summed E-state index contributed by atoms with van der Waals surface area (Å²) in [6.07, 6.45) is -2.37. The van der Waals surface area contributed by atoms with Crippen LogP contribution in [0.15, 0.2) is 24.3 Å². The van der Waals surface area contributed by atoms with E-state index >= 15 is 0 Å². The third-order valence-electron chi connectivity index (χ3n) is 3.82. The zero-order chi connectivity index (χ0) is 15.5. The van der Waals surface area contributed by atoms with Crippen LogP contribution in [0.25, 0.3) is 0 Å². The van der Waals surface area contributed by atoms with Crippen molar-refractivity contribution in [2.45, 2.75) is 25.4 Å². The first-order chi connectivity index (χ1) is 9.86. The van der Waals surface area contributed by atoms with Crippen molar-refractivity contribution in [3.63, 3.8) is 0 Å². The SMILES string of the molecule is CN1CCC(CC(=O)Nc2ccccc2C(F)(F)F)CC1. The second-order valence-corrected chi connectivity index (χ2v) is 5.54. The highest BCUT2D eigenvalue weighted by molar-refractivity contribution is 5.91. The van der Waals surface area contributed by atoms with Gasteiger partial charge in [0, 0.05) is 6.42 Å². The van der Waals surface area contributed by atoms with Crippen molar-refractivity contribution in [3.8, 4) is 0 Å². The Bertz CT molecular complexity index is 494. The maximum absolute atomic E-state index is 12.8. The molecule has 2 rings (SSSR count). The third-order valence-corrected chi connectivity index (χ3v) is 3.82. The fraction of sp³-hybridized carbons (Fsp3) is 0.533. The molecule has 1 amide bonds. The molecule has 0 unspecified atom stereocenters. The van der Waals surface area contributed by atoms with Crippen LogP contribution in [0.1, 0.15) is 24.8 Å². The van der Waals surface area contributed by atoms with Crippen molar-refractivity contribution in [2.24, 2.45) is 5.92 Å². The summed E-state index contributed by atoms with van der Waals surface area (Å²) in [5.41, 5.74) is -0.968. The van der Waals surface area contributed by atoms with Crippen LogP contribution >= 0.6 is 0 Å². The van der Waals surface area contributed by atoms with Gasteiger partial charge >= 0.3 is 6.18 Å². The smallest absolute Gasteiger partial charge is 0.325 e. The first-order valence-corrected chi connectivity index (χ1v) is 7.01. The van der Waals surface area contributed by atoms with E-state index in [0.29, 0.717) is 0 Å². The van der Waals surface area contributed by atoms with Crippen LogP contribution in [0.4, 0.5) is 18.9 Å². The van der Waals surface area contributed by atoms with Crippen molar-refractivity contribution in [1.82, 2.24) is 4.90 Å². The number of carbonyl (C=O) groups is 1. The van der Waals surface area contributed by atoms with Crippen LogP contribution < -0.4 is 5.32 Å².